The topological polar surface area (TPSA) is 61.4 Å². The van der Waals surface area contributed by atoms with Crippen LogP contribution in [0.1, 0.15) is 53.6 Å². The van der Waals surface area contributed by atoms with E-state index in [0.29, 0.717) is 21.9 Å². The van der Waals surface area contributed by atoms with Crippen molar-refractivity contribution in [3.63, 3.8) is 0 Å². The Morgan fingerprint density at radius 1 is 0.919 bits per heavy atom. The summed E-state index contributed by atoms with van der Waals surface area (Å²) in [6.07, 6.45) is 5.87. The smallest absolute Gasteiger partial charge is 0.251 e. The van der Waals surface area contributed by atoms with Crippen LogP contribution in [0, 0.1) is 0 Å². The summed E-state index contributed by atoms with van der Waals surface area (Å²) >= 11 is 7.94. The first kappa shape index (κ1) is 26.0. The number of nitrogens with one attached hydrogen (secondary N) is 1. The third kappa shape index (κ3) is 7.46. The number of nitrogens with zero attached hydrogens (tertiary/aromatic N) is 4. The van der Waals surface area contributed by atoms with Crippen LogP contribution in [0.2, 0.25) is 5.15 Å². The maximum absolute atomic E-state index is 12.6. The molecule has 1 aliphatic carbocycles. The van der Waals surface area contributed by atoms with E-state index in [0.717, 1.165) is 62.7 Å². The zero-order chi connectivity index (χ0) is 25.5. The van der Waals surface area contributed by atoms with Crippen LogP contribution < -0.4 is 10.2 Å². The van der Waals surface area contributed by atoms with Crippen LogP contribution in [-0.2, 0) is 12.3 Å². The zero-order valence-corrected chi connectivity index (χ0v) is 22.7. The number of rotatable bonds is 8. The molecule has 0 atom stereocenters. The molecule has 0 spiro atoms. The van der Waals surface area contributed by atoms with Gasteiger partial charge in [-0.05, 0) is 36.1 Å². The number of piperazine rings is 1. The quantitative estimate of drug-likeness (QED) is 0.223. The fourth-order valence-electron chi connectivity index (χ4n) is 5.00. The van der Waals surface area contributed by atoms with Crippen LogP contribution in [0.4, 0.5) is 5.82 Å². The second kappa shape index (κ2) is 12.8. The van der Waals surface area contributed by atoms with Crippen molar-refractivity contribution < 1.29 is 4.79 Å². The first-order chi connectivity index (χ1) is 18.1. The van der Waals surface area contributed by atoms with Crippen LogP contribution in [-0.4, -0.2) is 53.0 Å². The van der Waals surface area contributed by atoms with Gasteiger partial charge >= 0.3 is 0 Å². The van der Waals surface area contributed by atoms with E-state index in [1.807, 2.05) is 30.3 Å². The molecule has 6 nitrogen and oxygen atoms in total. The second-order valence-electron chi connectivity index (χ2n) is 9.87. The lowest BCUT2D eigenvalue weighted by atomic mass is 9.95. The molecular formula is C29H34ClN5OS. The molecule has 1 saturated heterocycles. The highest BCUT2D eigenvalue weighted by molar-refractivity contribution is 7.98. The molecule has 2 fully saturated rings. The summed E-state index contributed by atoms with van der Waals surface area (Å²) in [7, 11) is 0. The van der Waals surface area contributed by atoms with Crippen LogP contribution in [0.5, 0.6) is 0 Å². The van der Waals surface area contributed by atoms with E-state index < -0.39 is 0 Å². The van der Waals surface area contributed by atoms with Gasteiger partial charge in [0, 0.05) is 56.1 Å². The molecule has 8 heteroatoms. The van der Waals surface area contributed by atoms with Gasteiger partial charge in [0.15, 0.2) is 5.16 Å². The molecule has 1 amide bonds. The molecule has 3 aromatic rings. The lowest BCUT2D eigenvalue weighted by Gasteiger charge is -2.35. The first-order valence-electron chi connectivity index (χ1n) is 13.2. The lowest BCUT2D eigenvalue weighted by Crippen LogP contribution is -2.46. The summed E-state index contributed by atoms with van der Waals surface area (Å²) in [4.78, 5) is 26.6. The predicted octanol–water partition coefficient (Wildman–Crippen LogP) is 5.81. The number of amides is 1. The largest absolute Gasteiger partial charge is 0.354 e. The number of thioether (sulfide) groups is 1. The van der Waals surface area contributed by atoms with E-state index in [-0.39, 0.29) is 5.91 Å². The highest BCUT2D eigenvalue weighted by Crippen LogP contribution is 2.26. The number of anilines is 1. The van der Waals surface area contributed by atoms with E-state index in [9.17, 15) is 4.79 Å². The number of benzene rings is 2. The van der Waals surface area contributed by atoms with Gasteiger partial charge in [-0.1, -0.05) is 85.1 Å². The SMILES string of the molecule is O=C(NC1CCCCC1)c1ccc(CSc2nc(Cl)cc(N3CCN(Cc4ccccc4)CC3)n2)cc1. The molecule has 1 aromatic heterocycles. The Bertz CT molecular complexity index is 1160. The fourth-order valence-corrected chi connectivity index (χ4v) is 6.04. The van der Waals surface area contributed by atoms with Crippen molar-refractivity contribution in [2.75, 3.05) is 31.1 Å². The Morgan fingerprint density at radius 3 is 2.38 bits per heavy atom. The van der Waals surface area contributed by atoms with Gasteiger partial charge < -0.3 is 10.2 Å². The molecule has 2 aliphatic rings. The van der Waals surface area contributed by atoms with Crippen molar-refractivity contribution in [1.82, 2.24) is 20.2 Å². The van der Waals surface area contributed by atoms with Gasteiger partial charge in [0.2, 0.25) is 0 Å². The van der Waals surface area contributed by atoms with Crippen LogP contribution in [0.15, 0.2) is 65.8 Å². The third-order valence-electron chi connectivity index (χ3n) is 7.13. The molecule has 0 radical (unpaired) electrons. The van der Waals surface area contributed by atoms with Crippen molar-refractivity contribution in [3.05, 3.63) is 82.5 Å². The minimum atomic E-state index is 0.0257. The number of carbonyl (C=O) groups excluding carboxylic acids is 1. The molecule has 194 valence electrons. The van der Waals surface area contributed by atoms with Gasteiger partial charge in [-0.3, -0.25) is 9.69 Å². The van der Waals surface area contributed by atoms with Gasteiger partial charge in [0.25, 0.3) is 5.91 Å². The fraction of sp³-hybridized carbons (Fsp3) is 0.414. The van der Waals surface area contributed by atoms with Crippen molar-refractivity contribution >= 4 is 35.1 Å². The average molecular weight is 536 g/mol. The molecule has 2 heterocycles. The normalized spacial score (nSPS) is 17.1. The number of halogens is 1. The standard InChI is InChI=1S/C29H34ClN5OS/c30-26-19-27(35-17-15-34(16-18-35)20-22-7-3-1-4-8-22)33-29(32-26)37-21-23-11-13-24(14-12-23)28(36)31-25-9-5-2-6-10-25/h1,3-4,7-8,11-14,19,25H,2,5-6,9-10,15-18,20-21H2,(H,31,36). The summed E-state index contributed by atoms with van der Waals surface area (Å²) in [6.45, 7) is 4.77. The van der Waals surface area contributed by atoms with Crippen molar-refractivity contribution in [2.45, 2.75) is 55.6 Å². The molecule has 0 bridgehead atoms. The summed E-state index contributed by atoms with van der Waals surface area (Å²) in [5.41, 5.74) is 3.18. The lowest BCUT2D eigenvalue weighted by molar-refractivity contribution is 0.0927. The van der Waals surface area contributed by atoms with Gasteiger partial charge in [-0.25, -0.2) is 9.97 Å². The van der Waals surface area contributed by atoms with Gasteiger partial charge in [-0.15, -0.1) is 0 Å². The van der Waals surface area contributed by atoms with E-state index in [1.54, 1.807) is 11.8 Å². The highest BCUT2D eigenvalue weighted by atomic mass is 35.5. The van der Waals surface area contributed by atoms with Crippen LogP contribution in [0.25, 0.3) is 0 Å². The van der Waals surface area contributed by atoms with Crippen molar-refractivity contribution in [1.29, 1.82) is 0 Å². The minimum absolute atomic E-state index is 0.0257. The molecule has 37 heavy (non-hydrogen) atoms. The van der Waals surface area contributed by atoms with E-state index in [4.69, 9.17) is 16.6 Å². The maximum atomic E-state index is 12.6. The summed E-state index contributed by atoms with van der Waals surface area (Å²) < 4.78 is 0. The summed E-state index contributed by atoms with van der Waals surface area (Å²) in [5, 5.41) is 4.33. The molecule has 1 N–H and O–H groups in total. The van der Waals surface area contributed by atoms with Gasteiger partial charge in [0.05, 0.1) is 0 Å². The van der Waals surface area contributed by atoms with Gasteiger partial charge in [-0.2, -0.15) is 0 Å². The minimum Gasteiger partial charge on any atom is -0.354 e. The number of hydrogen-bond acceptors (Lipinski definition) is 6. The molecule has 1 aliphatic heterocycles. The Morgan fingerprint density at radius 2 is 1.65 bits per heavy atom. The highest BCUT2D eigenvalue weighted by Gasteiger charge is 2.20. The van der Waals surface area contributed by atoms with E-state index in [2.05, 4.69) is 50.4 Å². The first-order valence-corrected chi connectivity index (χ1v) is 14.6. The molecule has 5 rings (SSSR count). The number of hydrogen-bond donors (Lipinski definition) is 1. The Kier molecular flexibility index (Phi) is 8.97. The van der Waals surface area contributed by atoms with E-state index >= 15 is 0 Å². The summed E-state index contributed by atoms with van der Waals surface area (Å²) in [6, 6.07) is 20.6. The van der Waals surface area contributed by atoms with Crippen LogP contribution in [0.3, 0.4) is 0 Å². The second-order valence-corrected chi connectivity index (χ2v) is 11.2. The average Bonchev–Trinajstić information content (AvgIpc) is 2.93. The molecule has 0 unspecified atom stereocenters. The van der Waals surface area contributed by atoms with Crippen molar-refractivity contribution in [3.8, 4) is 0 Å². The molecule has 1 saturated carbocycles. The number of aromatic nitrogens is 2. The number of carbonyl (C=O) groups is 1. The maximum Gasteiger partial charge on any atom is 0.251 e. The summed E-state index contributed by atoms with van der Waals surface area (Å²) in [5.74, 6) is 1.63. The predicted molar refractivity (Wildman–Crippen MR) is 151 cm³/mol. The van der Waals surface area contributed by atoms with E-state index in [1.165, 1.54) is 24.8 Å². The monoisotopic (exact) mass is 535 g/mol. The van der Waals surface area contributed by atoms with Gasteiger partial charge in [0.1, 0.15) is 11.0 Å². The Labute approximate surface area is 228 Å². The Balaban J connectivity index is 1.13. The zero-order valence-electron chi connectivity index (χ0n) is 21.1. The van der Waals surface area contributed by atoms with Crippen molar-refractivity contribution in [2.24, 2.45) is 0 Å². The molecule has 2 aromatic carbocycles. The molecular weight excluding hydrogens is 502 g/mol. The Hall–Kier alpha value is -2.61. The van der Waals surface area contributed by atoms with Crippen LogP contribution >= 0.6 is 23.4 Å². The third-order valence-corrected chi connectivity index (χ3v) is 8.24.